The Kier molecular flexibility index (Phi) is 6.75. The summed E-state index contributed by atoms with van der Waals surface area (Å²) in [6.45, 7) is 7.70. The molecule has 1 aromatic carbocycles. The van der Waals surface area contributed by atoms with Crippen LogP contribution in [0.25, 0.3) is 0 Å². The molecule has 23 heavy (non-hydrogen) atoms. The van der Waals surface area contributed by atoms with Gasteiger partial charge in [0, 0.05) is 12.6 Å². The second kappa shape index (κ2) is 8.80. The molecule has 1 atom stereocenters. The topological polar surface area (TPSA) is 41.6 Å². The van der Waals surface area contributed by atoms with Gasteiger partial charge in [0.2, 0.25) is 5.91 Å². The van der Waals surface area contributed by atoms with Crippen molar-refractivity contribution in [2.24, 2.45) is 0 Å². The minimum atomic E-state index is -0.130. The van der Waals surface area contributed by atoms with Gasteiger partial charge >= 0.3 is 0 Å². The summed E-state index contributed by atoms with van der Waals surface area (Å²) in [6, 6.07) is 5.84. The van der Waals surface area contributed by atoms with Crippen LogP contribution in [0, 0.1) is 0 Å². The molecule has 4 heteroatoms. The summed E-state index contributed by atoms with van der Waals surface area (Å²) in [6.07, 6.45) is 6.82. The highest BCUT2D eigenvalue weighted by molar-refractivity contribution is 6.05. The number of amides is 1. The Bertz CT molecular complexity index is 516. The van der Waals surface area contributed by atoms with Crippen molar-refractivity contribution in [3.63, 3.8) is 0 Å². The Hall–Kier alpha value is -1.71. The molecule has 0 radical (unpaired) electrons. The van der Waals surface area contributed by atoms with Crippen LogP contribution in [0.1, 0.15) is 59.3 Å². The van der Waals surface area contributed by atoms with E-state index in [4.69, 9.17) is 4.74 Å². The van der Waals surface area contributed by atoms with Gasteiger partial charge in [0.1, 0.15) is 11.8 Å². The molecule has 128 valence electrons. The van der Waals surface area contributed by atoms with E-state index in [0.29, 0.717) is 6.61 Å². The summed E-state index contributed by atoms with van der Waals surface area (Å²) in [4.78, 5) is 14.6. The van der Waals surface area contributed by atoms with Gasteiger partial charge in [-0.1, -0.05) is 39.5 Å². The lowest BCUT2D eigenvalue weighted by Crippen LogP contribution is -2.47. The van der Waals surface area contributed by atoms with Crippen LogP contribution in [-0.2, 0) is 4.79 Å². The van der Waals surface area contributed by atoms with E-state index in [2.05, 4.69) is 12.2 Å². The van der Waals surface area contributed by atoms with Crippen LogP contribution in [0.15, 0.2) is 18.2 Å². The normalized spacial score (nSPS) is 16.9. The Morgan fingerprint density at radius 1 is 1.13 bits per heavy atom. The van der Waals surface area contributed by atoms with Gasteiger partial charge < -0.3 is 15.0 Å². The van der Waals surface area contributed by atoms with Gasteiger partial charge in [-0.05, 0) is 31.9 Å². The quantitative estimate of drug-likeness (QED) is 0.677. The number of hydrogen-bond acceptors (Lipinski definition) is 3. The summed E-state index contributed by atoms with van der Waals surface area (Å²) in [7, 11) is 0. The summed E-state index contributed by atoms with van der Waals surface area (Å²) in [5.74, 6) is 1.05. The Morgan fingerprint density at radius 2 is 1.91 bits per heavy atom. The number of hydrogen-bond donors (Lipinski definition) is 1. The SMILES string of the molecule is CCCCCCCN1C(=O)C(CC)Nc2cc(OCC)ccc21. The number of carbonyl (C=O) groups is 1. The van der Waals surface area contributed by atoms with Crippen LogP contribution >= 0.6 is 0 Å². The van der Waals surface area contributed by atoms with E-state index in [-0.39, 0.29) is 11.9 Å². The van der Waals surface area contributed by atoms with Gasteiger partial charge in [0.05, 0.1) is 18.0 Å². The summed E-state index contributed by atoms with van der Waals surface area (Å²) in [5.41, 5.74) is 2.00. The zero-order valence-electron chi connectivity index (χ0n) is 14.7. The number of nitrogens with one attached hydrogen (secondary N) is 1. The fraction of sp³-hybridized carbons (Fsp3) is 0.632. The molecule has 1 amide bonds. The van der Waals surface area contributed by atoms with Gasteiger partial charge in [0.25, 0.3) is 0 Å². The maximum absolute atomic E-state index is 12.7. The van der Waals surface area contributed by atoms with Gasteiger partial charge in [0.15, 0.2) is 0 Å². The second-order valence-electron chi connectivity index (χ2n) is 6.12. The number of fused-ring (bicyclic) bond motifs is 1. The molecular formula is C19H30N2O2. The molecular weight excluding hydrogens is 288 g/mol. The largest absolute Gasteiger partial charge is 0.494 e. The lowest BCUT2D eigenvalue weighted by atomic mass is 10.1. The monoisotopic (exact) mass is 318 g/mol. The van der Waals surface area contributed by atoms with Crippen LogP contribution in [0.4, 0.5) is 11.4 Å². The molecule has 0 saturated carbocycles. The number of ether oxygens (including phenoxy) is 1. The highest BCUT2D eigenvalue weighted by Crippen LogP contribution is 2.35. The first-order chi connectivity index (χ1) is 11.2. The zero-order chi connectivity index (χ0) is 16.7. The van der Waals surface area contributed by atoms with E-state index in [1.165, 1.54) is 25.7 Å². The third-order valence-corrected chi connectivity index (χ3v) is 4.36. The minimum Gasteiger partial charge on any atom is -0.494 e. The molecule has 0 aliphatic carbocycles. The standard InChI is InChI=1S/C19H30N2O2/c1-4-7-8-9-10-13-21-18-12-11-15(23-6-3)14-17(18)20-16(5-2)19(21)22/h11-12,14,16,20H,4-10,13H2,1-3H3. The molecule has 1 heterocycles. The van der Waals surface area contributed by atoms with E-state index < -0.39 is 0 Å². The average Bonchev–Trinajstić information content (AvgIpc) is 2.56. The fourth-order valence-electron chi connectivity index (χ4n) is 3.06. The first kappa shape index (κ1) is 17.6. The Labute approximate surface area is 140 Å². The maximum atomic E-state index is 12.7. The molecule has 1 aliphatic heterocycles. The fourth-order valence-corrected chi connectivity index (χ4v) is 3.06. The van der Waals surface area contributed by atoms with E-state index in [9.17, 15) is 4.79 Å². The van der Waals surface area contributed by atoms with Gasteiger partial charge in [-0.2, -0.15) is 0 Å². The van der Waals surface area contributed by atoms with Crippen molar-refractivity contribution in [3.8, 4) is 5.75 Å². The number of anilines is 2. The van der Waals surface area contributed by atoms with Crippen LogP contribution < -0.4 is 15.0 Å². The first-order valence-corrected chi connectivity index (χ1v) is 9.06. The minimum absolute atomic E-state index is 0.130. The number of benzene rings is 1. The molecule has 1 aliphatic rings. The summed E-state index contributed by atoms with van der Waals surface area (Å²) >= 11 is 0. The number of nitrogens with zero attached hydrogens (tertiary/aromatic N) is 1. The Balaban J connectivity index is 2.11. The second-order valence-corrected chi connectivity index (χ2v) is 6.12. The van der Waals surface area contributed by atoms with Gasteiger partial charge in [-0.15, -0.1) is 0 Å². The molecule has 1 N–H and O–H groups in total. The lowest BCUT2D eigenvalue weighted by Gasteiger charge is -2.35. The first-order valence-electron chi connectivity index (χ1n) is 9.06. The number of carbonyl (C=O) groups excluding carboxylic acids is 1. The summed E-state index contributed by atoms with van der Waals surface area (Å²) in [5, 5.41) is 3.36. The predicted octanol–water partition coefficient (Wildman–Crippen LogP) is 4.59. The molecule has 2 rings (SSSR count). The van der Waals surface area contributed by atoms with Crippen LogP contribution in [0.2, 0.25) is 0 Å². The molecule has 0 fully saturated rings. The zero-order valence-corrected chi connectivity index (χ0v) is 14.7. The van der Waals surface area contributed by atoms with Crippen molar-refractivity contribution in [2.45, 2.75) is 65.3 Å². The third-order valence-electron chi connectivity index (χ3n) is 4.36. The van der Waals surface area contributed by atoms with Crippen LogP contribution in [-0.4, -0.2) is 25.1 Å². The van der Waals surface area contributed by atoms with Crippen molar-refractivity contribution >= 4 is 17.3 Å². The van der Waals surface area contributed by atoms with E-state index >= 15 is 0 Å². The highest BCUT2D eigenvalue weighted by atomic mass is 16.5. The lowest BCUT2D eigenvalue weighted by molar-refractivity contribution is -0.119. The number of unbranched alkanes of at least 4 members (excludes halogenated alkanes) is 4. The molecule has 0 bridgehead atoms. The van der Waals surface area contributed by atoms with Crippen LogP contribution in [0.5, 0.6) is 5.75 Å². The van der Waals surface area contributed by atoms with E-state index in [1.54, 1.807) is 0 Å². The Morgan fingerprint density at radius 3 is 2.61 bits per heavy atom. The van der Waals surface area contributed by atoms with Gasteiger partial charge in [-0.25, -0.2) is 0 Å². The third kappa shape index (κ3) is 4.40. The molecule has 0 spiro atoms. The van der Waals surface area contributed by atoms with Crippen molar-refractivity contribution in [3.05, 3.63) is 18.2 Å². The molecule has 0 aromatic heterocycles. The van der Waals surface area contributed by atoms with E-state index in [0.717, 1.165) is 36.5 Å². The van der Waals surface area contributed by atoms with Crippen molar-refractivity contribution in [2.75, 3.05) is 23.4 Å². The van der Waals surface area contributed by atoms with Crippen molar-refractivity contribution < 1.29 is 9.53 Å². The van der Waals surface area contributed by atoms with Crippen LogP contribution in [0.3, 0.4) is 0 Å². The summed E-state index contributed by atoms with van der Waals surface area (Å²) < 4.78 is 5.58. The van der Waals surface area contributed by atoms with E-state index in [1.807, 2.05) is 36.9 Å². The molecule has 4 nitrogen and oxygen atoms in total. The van der Waals surface area contributed by atoms with Crippen molar-refractivity contribution in [1.82, 2.24) is 0 Å². The van der Waals surface area contributed by atoms with Gasteiger partial charge in [-0.3, -0.25) is 4.79 Å². The average molecular weight is 318 g/mol. The maximum Gasteiger partial charge on any atom is 0.249 e. The number of rotatable bonds is 9. The van der Waals surface area contributed by atoms with Crippen molar-refractivity contribution in [1.29, 1.82) is 0 Å². The molecule has 1 aromatic rings. The highest BCUT2D eigenvalue weighted by Gasteiger charge is 2.31. The predicted molar refractivity (Wildman–Crippen MR) is 96.4 cm³/mol. The molecule has 1 unspecified atom stereocenters. The smallest absolute Gasteiger partial charge is 0.249 e. The molecule has 0 saturated heterocycles.